The van der Waals surface area contributed by atoms with Gasteiger partial charge in [0.2, 0.25) is 0 Å². The number of nitrogens with one attached hydrogen (secondary N) is 2. The van der Waals surface area contributed by atoms with Crippen LogP contribution in [0.2, 0.25) is 0 Å². The van der Waals surface area contributed by atoms with Crippen molar-refractivity contribution in [1.29, 1.82) is 0 Å². The quantitative estimate of drug-likeness (QED) is 0.722. The van der Waals surface area contributed by atoms with Gasteiger partial charge in [-0.25, -0.2) is 4.79 Å². The molecule has 0 radical (unpaired) electrons. The van der Waals surface area contributed by atoms with Gasteiger partial charge in [0.15, 0.2) is 0 Å². The molecule has 1 heterocycles. The minimum Gasteiger partial charge on any atom is -0.388 e. The number of carbonyl (C=O) groups is 1. The molecule has 0 aliphatic rings. The van der Waals surface area contributed by atoms with Gasteiger partial charge in [-0.2, -0.15) is 5.10 Å². The van der Waals surface area contributed by atoms with Crippen LogP contribution < -0.4 is 10.6 Å². The molecule has 2 amide bonds. The first-order valence-electron chi connectivity index (χ1n) is 8.71. The maximum Gasteiger partial charge on any atom is 0.315 e. The standard InChI is InChI=1S/C19H28N4O2/c1-5-16(18-13(2)22-23(4)14(18)3)21-19(25)20-12-11-17(24)15-9-7-6-8-10-15/h6-10,16-17,24H,5,11-12H2,1-4H3,(H2,20,21,25). The van der Waals surface area contributed by atoms with Gasteiger partial charge in [0, 0.05) is 24.8 Å². The van der Waals surface area contributed by atoms with Crippen LogP contribution in [0.15, 0.2) is 30.3 Å². The Kier molecular flexibility index (Phi) is 6.58. The molecule has 0 spiro atoms. The number of aliphatic hydroxyl groups is 1. The maximum atomic E-state index is 12.2. The number of aromatic nitrogens is 2. The van der Waals surface area contributed by atoms with Gasteiger partial charge >= 0.3 is 6.03 Å². The molecule has 2 unspecified atom stereocenters. The van der Waals surface area contributed by atoms with E-state index in [4.69, 9.17) is 0 Å². The summed E-state index contributed by atoms with van der Waals surface area (Å²) >= 11 is 0. The second-order valence-corrected chi connectivity index (χ2v) is 6.28. The second-order valence-electron chi connectivity index (χ2n) is 6.28. The molecule has 25 heavy (non-hydrogen) atoms. The molecule has 0 saturated heterocycles. The summed E-state index contributed by atoms with van der Waals surface area (Å²) in [5.41, 5.74) is 3.93. The first-order valence-corrected chi connectivity index (χ1v) is 8.71. The highest BCUT2D eigenvalue weighted by Crippen LogP contribution is 2.23. The number of carbonyl (C=O) groups excluding carboxylic acids is 1. The molecule has 0 saturated carbocycles. The van der Waals surface area contributed by atoms with Crippen molar-refractivity contribution in [2.24, 2.45) is 7.05 Å². The number of urea groups is 1. The molecule has 2 rings (SSSR count). The van der Waals surface area contributed by atoms with Gasteiger partial charge in [-0.05, 0) is 32.3 Å². The van der Waals surface area contributed by atoms with Crippen LogP contribution in [0.1, 0.15) is 54.4 Å². The third-order valence-electron chi connectivity index (χ3n) is 4.51. The first kappa shape index (κ1) is 19.0. The van der Waals surface area contributed by atoms with Gasteiger partial charge in [-0.1, -0.05) is 37.3 Å². The van der Waals surface area contributed by atoms with Gasteiger partial charge in [-0.3, -0.25) is 4.68 Å². The summed E-state index contributed by atoms with van der Waals surface area (Å²) in [6, 6.07) is 9.15. The van der Waals surface area contributed by atoms with Crippen LogP contribution in [0.3, 0.4) is 0 Å². The molecule has 0 aliphatic heterocycles. The molecule has 6 heteroatoms. The maximum absolute atomic E-state index is 12.2. The molecule has 1 aromatic carbocycles. The summed E-state index contributed by atoms with van der Waals surface area (Å²) in [4.78, 5) is 12.2. The molecule has 2 atom stereocenters. The third kappa shape index (κ3) is 4.82. The van der Waals surface area contributed by atoms with Gasteiger partial charge in [0.1, 0.15) is 0 Å². The molecule has 0 fully saturated rings. The number of rotatable bonds is 7. The van der Waals surface area contributed by atoms with Crippen LogP contribution in [0, 0.1) is 13.8 Å². The molecule has 3 N–H and O–H groups in total. The van der Waals surface area contributed by atoms with Crippen molar-refractivity contribution in [3.8, 4) is 0 Å². The summed E-state index contributed by atoms with van der Waals surface area (Å²) in [7, 11) is 1.91. The molecule has 6 nitrogen and oxygen atoms in total. The monoisotopic (exact) mass is 344 g/mol. The van der Waals surface area contributed by atoms with E-state index in [0.717, 1.165) is 28.9 Å². The van der Waals surface area contributed by atoms with Crippen molar-refractivity contribution >= 4 is 6.03 Å². The molecule has 2 aromatic rings. The number of amides is 2. The van der Waals surface area contributed by atoms with Crippen molar-refractivity contribution in [1.82, 2.24) is 20.4 Å². The fourth-order valence-corrected chi connectivity index (χ4v) is 3.05. The topological polar surface area (TPSA) is 79.2 Å². The fraction of sp³-hybridized carbons (Fsp3) is 0.474. The van der Waals surface area contributed by atoms with E-state index in [-0.39, 0.29) is 12.1 Å². The van der Waals surface area contributed by atoms with Crippen LogP contribution in [0.4, 0.5) is 4.79 Å². The van der Waals surface area contributed by atoms with Crippen molar-refractivity contribution in [2.75, 3.05) is 6.54 Å². The van der Waals surface area contributed by atoms with Crippen LogP contribution >= 0.6 is 0 Å². The first-order chi connectivity index (χ1) is 11.9. The van der Waals surface area contributed by atoms with Gasteiger partial charge in [0.05, 0.1) is 17.8 Å². The molecule has 136 valence electrons. The van der Waals surface area contributed by atoms with E-state index in [1.807, 2.05) is 62.8 Å². The largest absolute Gasteiger partial charge is 0.388 e. The second kappa shape index (κ2) is 8.67. The minimum absolute atomic E-state index is 0.0762. The molecule has 0 bridgehead atoms. The Labute approximate surface area is 149 Å². The zero-order chi connectivity index (χ0) is 18.4. The van der Waals surface area contributed by atoms with E-state index in [0.29, 0.717) is 13.0 Å². The normalized spacial score (nSPS) is 13.3. The van der Waals surface area contributed by atoms with E-state index in [2.05, 4.69) is 15.7 Å². The summed E-state index contributed by atoms with van der Waals surface area (Å²) in [5, 5.41) is 20.4. The predicted octanol–water partition coefficient (Wildman–Crippen LogP) is 2.91. The number of nitrogens with zero attached hydrogens (tertiary/aromatic N) is 2. The Hall–Kier alpha value is -2.34. The van der Waals surface area contributed by atoms with E-state index in [9.17, 15) is 9.90 Å². The Bertz CT molecular complexity index is 697. The number of hydrogen-bond donors (Lipinski definition) is 3. The van der Waals surface area contributed by atoms with Crippen LogP contribution in [-0.2, 0) is 7.05 Å². The van der Waals surface area contributed by atoms with Crippen molar-refractivity contribution < 1.29 is 9.90 Å². The van der Waals surface area contributed by atoms with Crippen LogP contribution in [-0.4, -0.2) is 27.5 Å². The van der Waals surface area contributed by atoms with Crippen LogP contribution in [0.25, 0.3) is 0 Å². The average Bonchev–Trinajstić information content (AvgIpc) is 2.86. The van der Waals surface area contributed by atoms with Gasteiger partial charge in [-0.15, -0.1) is 0 Å². The van der Waals surface area contributed by atoms with Crippen LogP contribution in [0.5, 0.6) is 0 Å². The van der Waals surface area contributed by atoms with Gasteiger partial charge < -0.3 is 15.7 Å². The van der Waals surface area contributed by atoms with Gasteiger partial charge in [0.25, 0.3) is 0 Å². The van der Waals surface area contributed by atoms with E-state index >= 15 is 0 Å². The van der Waals surface area contributed by atoms with E-state index in [1.165, 1.54) is 0 Å². The van der Waals surface area contributed by atoms with E-state index in [1.54, 1.807) is 0 Å². The van der Waals surface area contributed by atoms with Crippen molar-refractivity contribution in [3.63, 3.8) is 0 Å². The smallest absolute Gasteiger partial charge is 0.315 e. The summed E-state index contributed by atoms with van der Waals surface area (Å²) in [6.07, 6.45) is 0.679. The lowest BCUT2D eigenvalue weighted by atomic mass is 10.0. The molecule has 0 aliphatic carbocycles. The summed E-state index contributed by atoms with van der Waals surface area (Å²) in [6.45, 7) is 6.41. The predicted molar refractivity (Wildman–Crippen MR) is 98.3 cm³/mol. The Morgan fingerprint density at radius 1 is 1.28 bits per heavy atom. The SMILES string of the molecule is CCC(NC(=O)NCCC(O)c1ccccc1)c1c(C)nn(C)c1C. The molecular formula is C19H28N4O2. The summed E-state index contributed by atoms with van der Waals surface area (Å²) in [5.74, 6) is 0. The zero-order valence-corrected chi connectivity index (χ0v) is 15.4. The molecular weight excluding hydrogens is 316 g/mol. The molecule has 1 aromatic heterocycles. The summed E-state index contributed by atoms with van der Waals surface area (Å²) < 4.78 is 1.84. The van der Waals surface area contributed by atoms with E-state index < -0.39 is 6.10 Å². The lowest BCUT2D eigenvalue weighted by molar-refractivity contribution is 0.166. The highest BCUT2D eigenvalue weighted by molar-refractivity contribution is 5.74. The highest BCUT2D eigenvalue weighted by Gasteiger charge is 2.20. The lowest BCUT2D eigenvalue weighted by Crippen LogP contribution is -2.38. The Morgan fingerprint density at radius 3 is 2.52 bits per heavy atom. The Balaban J connectivity index is 1.86. The Morgan fingerprint density at radius 2 is 1.96 bits per heavy atom. The number of aliphatic hydroxyl groups excluding tert-OH is 1. The minimum atomic E-state index is -0.578. The lowest BCUT2D eigenvalue weighted by Gasteiger charge is -2.19. The number of hydrogen-bond acceptors (Lipinski definition) is 3. The van der Waals surface area contributed by atoms with Crippen molar-refractivity contribution in [2.45, 2.75) is 45.8 Å². The van der Waals surface area contributed by atoms with Crippen molar-refractivity contribution in [3.05, 3.63) is 52.8 Å². The number of benzene rings is 1. The fourth-order valence-electron chi connectivity index (χ4n) is 3.05. The average molecular weight is 344 g/mol. The third-order valence-corrected chi connectivity index (χ3v) is 4.51. The number of aryl methyl sites for hydroxylation is 2. The highest BCUT2D eigenvalue weighted by atomic mass is 16.3. The zero-order valence-electron chi connectivity index (χ0n) is 15.4.